The molecule has 0 amide bonds. The second-order valence-corrected chi connectivity index (χ2v) is 4.63. The first-order valence-electron chi connectivity index (χ1n) is 6.57. The number of morpholine rings is 1. The van der Waals surface area contributed by atoms with Gasteiger partial charge in [-0.05, 0) is 23.8 Å². The highest BCUT2D eigenvalue weighted by Crippen LogP contribution is 2.22. The van der Waals surface area contributed by atoms with Gasteiger partial charge in [0.15, 0.2) is 0 Å². The minimum absolute atomic E-state index is 0.751. The highest BCUT2D eigenvalue weighted by molar-refractivity contribution is 5.85. The summed E-state index contributed by atoms with van der Waals surface area (Å²) >= 11 is 0. The summed E-state index contributed by atoms with van der Waals surface area (Å²) in [5, 5.41) is 8.67. The van der Waals surface area contributed by atoms with Crippen LogP contribution in [-0.2, 0) is 16.1 Å². The van der Waals surface area contributed by atoms with Crippen LogP contribution < -0.4 is 4.74 Å². The molecule has 1 fully saturated rings. The van der Waals surface area contributed by atoms with Crippen molar-refractivity contribution in [3.8, 4) is 5.75 Å². The first-order chi connectivity index (χ1) is 9.69. The number of carboxylic acid groups (broad SMARTS) is 1. The monoisotopic (exact) mass is 277 g/mol. The molecule has 5 nitrogen and oxygen atoms in total. The molecule has 20 heavy (non-hydrogen) atoms. The molecule has 2 rings (SSSR count). The van der Waals surface area contributed by atoms with Crippen LogP contribution in [0.5, 0.6) is 5.75 Å². The number of benzene rings is 1. The molecule has 0 aromatic heterocycles. The zero-order valence-electron chi connectivity index (χ0n) is 11.5. The van der Waals surface area contributed by atoms with Gasteiger partial charge in [0, 0.05) is 31.3 Å². The number of carboxylic acids is 1. The molecule has 1 aromatic carbocycles. The predicted molar refractivity (Wildman–Crippen MR) is 75.8 cm³/mol. The van der Waals surface area contributed by atoms with Gasteiger partial charge in [0.1, 0.15) is 5.75 Å². The maximum Gasteiger partial charge on any atom is 0.328 e. The summed E-state index contributed by atoms with van der Waals surface area (Å²) in [7, 11) is 1.64. The van der Waals surface area contributed by atoms with Gasteiger partial charge in [-0.15, -0.1) is 0 Å². The molecule has 0 unspecified atom stereocenters. The van der Waals surface area contributed by atoms with Crippen LogP contribution in [0.15, 0.2) is 24.3 Å². The molecule has 1 aromatic rings. The molecular weight excluding hydrogens is 258 g/mol. The number of aliphatic carboxylic acids is 1. The largest absolute Gasteiger partial charge is 0.496 e. The highest BCUT2D eigenvalue weighted by atomic mass is 16.5. The van der Waals surface area contributed by atoms with E-state index >= 15 is 0 Å². The Morgan fingerprint density at radius 3 is 2.85 bits per heavy atom. The van der Waals surface area contributed by atoms with Gasteiger partial charge >= 0.3 is 5.97 Å². The van der Waals surface area contributed by atoms with E-state index in [2.05, 4.69) is 4.90 Å². The zero-order valence-corrected chi connectivity index (χ0v) is 11.5. The standard InChI is InChI=1S/C15H19NO4/c1-19-14-4-2-12(3-5-15(17)18)10-13(14)11-16-6-8-20-9-7-16/h2-5,10H,6-9,11H2,1H3,(H,17,18). The second-order valence-electron chi connectivity index (χ2n) is 4.63. The lowest BCUT2D eigenvalue weighted by atomic mass is 10.1. The van der Waals surface area contributed by atoms with Gasteiger partial charge in [-0.2, -0.15) is 0 Å². The number of nitrogens with zero attached hydrogens (tertiary/aromatic N) is 1. The van der Waals surface area contributed by atoms with E-state index in [1.165, 1.54) is 0 Å². The minimum atomic E-state index is -0.949. The predicted octanol–water partition coefficient (Wildman–Crippen LogP) is 1.63. The van der Waals surface area contributed by atoms with E-state index in [1.807, 2.05) is 18.2 Å². The highest BCUT2D eigenvalue weighted by Gasteiger charge is 2.13. The van der Waals surface area contributed by atoms with E-state index in [0.717, 1.165) is 55.8 Å². The third-order valence-electron chi connectivity index (χ3n) is 3.22. The molecule has 1 saturated heterocycles. The van der Waals surface area contributed by atoms with Gasteiger partial charge in [-0.3, -0.25) is 4.90 Å². The summed E-state index contributed by atoms with van der Waals surface area (Å²) in [6, 6.07) is 5.69. The quantitative estimate of drug-likeness (QED) is 0.829. The minimum Gasteiger partial charge on any atom is -0.496 e. The van der Waals surface area contributed by atoms with Crippen molar-refractivity contribution in [1.29, 1.82) is 0 Å². The Kier molecular flexibility index (Phi) is 5.15. The summed E-state index contributed by atoms with van der Waals surface area (Å²) in [5.74, 6) is -0.125. The maximum absolute atomic E-state index is 10.6. The number of methoxy groups -OCH3 is 1. The maximum atomic E-state index is 10.6. The average molecular weight is 277 g/mol. The molecule has 1 N–H and O–H groups in total. The zero-order chi connectivity index (χ0) is 14.4. The third-order valence-corrected chi connectivity index (χ3v) is 3.22. The fraction of sp³-hybridized carbons (Fsp3) is 0.400. The Morgan fingerprint density at radius 1 is 1.45 bits per heavy atom. The molecule has 0 saturated carbocycles. The van der Waals surface area contributed by atoms with Crippen molar-refractivity contribution < 1.29 is 19.4 Å². The van der Waals surface area contributed by atoms with Crippen LogP contribution in [0.3, 0.4) is 0 Å². The van der Waals surface area contributed by atoms with Crippen molar-refractivity contribution in [2.24, 2.45) is 0 Å². The molecule has 0 spiro atoms. The van der Waals surface area contributed by atoms with Crippen molar-refractivity contribution >= 4 is 12.0 Å². The number of ether oxygens (including phenoxy) is 2. The second kappa shape index (κ2) is 7.07. The van der Waals surface area contributed by atoms with Crippen LogP contribution in [0.1, 0.15) is 11.1 Å². The Morgan fingerprint density at radius 2 is 2.20 bits per heavy atom. The summed E-state index contributed by atoms with van der Waals surface area (Å²) in [6.07, 6.45) is 2.73. The van der Waals surface area contributed by atoms with E-state index in [0.29, 0.717) is 0 Å². The molecule has 0 radical (unpaired) electrons. The van der Waals surface area contributed by atoms with E-state index in [4.69, 9.17) is 14.6 Å². The number of hydrogen-bond acceptors (Lipinski definition) is 4. The third kappa shape index (κ3) is 4.08. The van der Waals surface area contributed by atoms with E-state index in [-0.39, 0.29) is 0 Å². The van der Waals surface area contributed by atoms with E-state index < -0.39 is 5.97 Å². The number of rotatable bonds is 5. The van der Waals surface area contributed by atoms with Crippen LogP contribution in [0, 0.1) is 0 Å². The van der Waals surface area contributed by atoms with Crippen LogP contribution in [-0.4, -0.2) is 49.4 Å². The van der Waals surface area contributed by atoms with Crippen molar-refractivity contribution in [3.05, 3.63) is 35.4 Å². The van der Waals surface area contributed by atoms with Gasteiger partial charge in [-0.1, -0.05) is 6.07 Å². The molecule has 0 bridgehead atoms. The molecule has 1 heterocycles. The van der Waals surface area contributed by atoms with Crippen molar-refractivity contribution in [2.45, 2.75) is 6.54 Å². The SMILES string of the molecule is COc1ccc(C=CC(=O)O)cc1CN1CCOCC1. The van der Waals surface area contributed by atoms with Gasteiger partial charge in [0.2, 0.25) is 0 Å². The van der Waals surface area contributed by atoms with E-state index in [1.54, 1.807) is 13.2 Å². The van der Waals surface area contributed by atoms with Crippen LogP contribution in [0.2, 0.25) is 0 Å². The molecule has 0 atom stereocenters. The first-order valence-corrected chi connectivity index (χ1v) is 6.57. The summed E-state index contributed by atoms with van der Waals surface area (Å²) in [6.45, 7) is 4.08. The van der Waals surface area contributed by atoms with Crippen molar-refractivity contribution in [3.63, 3.8) is 0 Å². The molecule has 108 valence electrons. The lowest BCUT2D eigenvalue weighted by Gasteiger charge is -2.27. The van der Waals surface area contributed by atoms with Gasteiger partial charge < -0.3 is 14.6 Å². The lowest BCUT2D eigenvalue weighted by Crippen LogP contribution is -2.35. The van der Waals surface area contributed by atoms with E-state index in [9.17, 15) is 4.79 Å². The normalized spacial score (nSPS) is 16.4. The average Bonchev–Trinajstić information content (AvgIpc) is 2.46. The molecule has 0 aliphatic carbocycles. The summed E-state index contributed by atoms with van der Waals surface area (Å²) in [5.41, 5.74) is 1.92. The number of carbonyl (C=O) groups is 1. The lowest BCUT2D eigenvalue weighted by molar-refractivity contribution is -0.131. The number of hydrogen-bond donors (Lipinski definition) is 1. The van der Waals surface area contributed by atoms with Crippen molar-refractivity contribution in [1.82, 2.24) is 4.90 Å². The topological polar surface area (TPSA) is 59.0 Å². The Labute approximate surface area is 118 Å². The first kappa shape index (κ1) is 14.6. The summed E-state index contributed by atoms with van der Waals surface area (Å²) in [4.78, 5) is 12.9. The molecule has 1 aliphatic rings. The smallest absolute Gasteiger partial charge is 0.328 e. The van der Waals surface area contributed by atoms with Crippen LogP contribution >= 0.6 is 0 Å². The molecule has 5 heteroatoms. The van der Waals surface area contributed by atoms with Crippen LogP contribution in [0.25, 0.3) is 6.08 Å². The van der Waals surface area contributed by atoms with Gasteiger partial charge in [0.05, 0.1) is 20.3 Å². The Bertz CT molecular complexity index is 493. The molecular formula is C15H19NO4. The summed E-state index contributed by atoms with van der Waals surface area (Å²) < 4.78 is 10.7. The fourth-order valence-corrected chi connectivity index (χ4v) is 2.19. The Hall–Kier alpha value is -1.85. The van der Waals surface area contributed by atoms with Gasteiger partial charge in [-0.25, -0.2) is 4.79 Å². The van der Waals surface area contributed by atoms with Crippen LogP contribution in [0.4, 0.5) is 0 Å². The Balaban J connectivity index is 2.15. The van der Waals surface area contributed by atoms with Gasteiger partial charge in [0.25, 0.3) is 0 Å². The van der Waals surface area contributed by atoms with Crippen molar-refractivity contribution in [2.75, 3.05) is 33.4 Å². The fourth-order valence-electron chi connectivity index (χ4n) is 2.19. The molecule has 1 aliphatic heterocycles.